The van der Waals surface area contributed by atoms with Crippen molar-refractivity contribution in [2.45, 2.75) is 25.8 Å². The second-order valence-electron chi connectivity index (χ2n) is 7.32. The van der Waals surface area contributed by atoms with Gasteiger partial charge in [-0.2, -0.15) is 5.10 Å². The molecule has 30 heavy (non-hydrogen) atoms. The Morgan fingerprint density at radius 1 is 1.07 bits per heavy atom. The van der Waals surface area contributed by atoms with Crippen molar-refractivity contribution >= 4 is 11.8 Å². The lowest BCUT2D eigenvalue weighted by atomic mass is 9.99. The van der Waals surface area contributed by atoms with Crippen molar-refractivity contribution in [2.75, 3.05) is 13.1 Å². The van der Waals surface area contributed by atoms with Gasteiger partial charge in [-0.3, -0.25) is 9.59 Å². The molecule has 7 heteroatoms. The van der Waals surface area contributed by atoms with Gasteiger partial charge in [-0.05, 0) is 36.1 Å². The Hall–Kier alpha value is -3.48. The van der Waals surface area contributed by atoms with Crippen LogP contribution in [0.2, 0.25) is 0 Å². The Kier molecular flexibility index (Phi) is 5.88. The van der Waals surface area contributed by atoms with Gasteiger partial charge in [0, 0.05) is 32.3 Å². The highest BCUT2D eigenvalue weighted by Gasteiger charge is 2.20. The molecule has 0 spiro atoms. The summed E-state index contributed by atoms with van der Waals surface area (Å²) < 4.78 is 15.2. The van der Waals surface area contributed by atoms with Crippen LogP contribution in [0.4, 0.5) is 4.39 Å². The molecule has 3 aromatic rings. The summed E-state index contributed by atoms with van der Waals surface area (Å²) in [4.78, 5) is 26.7. The Morgan fingerprint density at radius 2 is 1.83 bits per heavy atom. The number of para-hydroxylation sites is 1. The SMILES string of the molecule is O=C(NCCCC(=O)N1CCc2ccccc2C1)c1cnn(-c2ccccc2F)c1. The van der Waals surface area contributed by atoms with Gasteiger partial charge in [-0.15, -0.1) is 0 Å². The molecule has 0 saturated heterocycles. The minimum Gasteiger partial charge on any atom is -0.352 e. The quantitative estimate of drug-likeness (QED) is 0.640. The van der Waals surface area contributed by atoms with Crippen LogP contribution in [0.25, 0.3) is 5.69 Å². The fourth-order valence-electron chi connectivity index (χ4n) is 3.62. The number of halogens is 1. The van der Waals surface area contributed by atoms with Crippen LogP contribution in [0, 0.1) is 5.82 Å². The maximum absolute atomic E-state index is 13.8. The fourth-order valence-corrected chi connectivity index (χ4v) is 3.62. The first-order valence-electron chi connectivity index (χ1n) is 10.0. The molecule has 1 N–H and O–H groups in total. The molecule has 2 heterocycles. The summed E-state index contributed by atoms with van der Waals surface area (Å²) in [6.45, 7) is 1.77. The minimum atomic E-state index is -0.411. The third kappa shape index (κ3) is 4.40. The number of nitrogens with zero attached hydrogens (tertiary/aromatic N) is 3. The fraction of sp³-hybridized carbons (Fsp3) is 0.261. The van der Waals surface area contributed by atoms with Crippen molar-refractivity contribution in [3.05, 3.63) is 83.4 Å². The predicted molar refractivity (Wildman–Crippen MR) is 111 cm³/mol. The standard InChI is InChI=1S/C23H23FN4O2/c24-20-8-3-4-9-21(20)28-16-19(14-26-28)23(30)25-12-5-10-22(29)27-13-11-17-6-1-2-7-18(17)15-27/h1-4,6-9,14,16H,5,10-13,15H2,(H,25,30). The molecule has 2 aromatic carbocycles. The van der Waals surface area contributed by atoms with E-state index in [2.05, 4.69) is 22.5 Å². The molecule has 0 radical (unpaired) electrons. The first-order chi connectivity index (χ1) is 14.6. The molecule has 0 fully saturated rings. The summed E-state index contributed by atoms with van der Waals surface area (Å²) >= 11 is 0. The van der Waals surface area contributed by atoms with Crippen molar-refractivity contribution in [3.63, 3.8) is 0 Å². The maximum atomic E-state index is 13.8. The van der Waals surface area contributed by atoms with Crippen LogP contribution in [0.15, 0.2) is 60.9 Å². The van der Waals surface area contributed by atoms with Gasteiger partial charge in [-0.1, -0.05) is 36.4 Å². The third-order valence-corrected chi connectivity index (χ3v) is 5.28. The van der Waals surface area contributed by atoms with E-state index in [9.17, 15) is 14.0 Å². The topological polar surface area (TPSA) is 67.2 Å². The number of fused-ring (bicyclic) bond motifs is 1. The van der Waals surface area contributed by atoms with Crippen LogP contribution < -0.4 is 5.32 Å². The predicted octanol–water partition coefficient (Wildman–Crippen LogP) is 3.11. The lowest BCUT2D eigenvalue weighted by Gasteiger charge is -2.29. The molecule has 0 unspecified atom stereocenters. The van der Waals surface area contributed by atoms with Crippen molar-refractivity contribution in [3.8, 4) is 5.69 Å². The molecule has 154 valence electrons. The van der Waals surface area contributed by atoms with Gasteiger partial charge in [0.05, 0.1) is 11.8 Å². The van der Waals surface area contributed by atoms with Gasteiger partial charge in [0.2, 0.25) is 5.91 Å². The smallest absolute Gasteiger partial charge is 0.254 e. The molecule has 1 aromatic heterocycles. The largest absolute Gasteiger partial charge is 0.352 e. The summed E-state index contributed by atoms with van der Waals surface area (Å²) in [5.41, 5.74) is 3.14. The number of benzene rings is 2. The molecule has 0 atom stereocenters. The van der Waals surface area contributed by atoms with E-state index in [0.29, 0.717) is 31.5 Å². The lowest BCUT2D eigenvalue weighted by Crippen LogP contribution is -2.36. The summed E-state index contributed by atoms with van der Waals surface area (Å²) in [7, 11) is 0. The van der Waals surface area contributed by atoms with Crippen molar-refractivity contribution in [2.24, 2.45) is 0 Å². The van der Waals surface area contributed by atoms with Crippen LogP contribution in [0.3, 0.4) is 0 Å². The highest BCUT2D eigenvalue weighted by atomic mass is 19.1. The first-order valence-corrected chi connectivity index (χ1v) is 10.0. The second kappa shape index (κ2) is 8.90. The van der Waals surface area contributed by atoms with Gasteiger partial charge in [0.15, 0.2) is 0 Å². The average Bonchev–Trinajstić information content (AvgIpc) is 3.26. The number of hydrogen-bond donors (Lipinski definition) is 1. The van der Waals surface area contributed by atoms with Crippen LogP contribution in [-0.4, -0.2) is 39.6 Å². The number of carbonyl (C=O) groups excluding carboxylic acids is 2. The first kappa shape index (κ1) is 19.8. The second-order valence-corrected chi connectivity index (χ2v) is 7.32. The number of hydrogen-bond acceptors (Lipinski definition) is 3. The number of amides is 2. The van der Waals surface area contributed by atoms with Crippen LogP contribution >= 0.6 is 0 Å². The van der Waals surface area contributed by atoms with Crippen molar-refractivity contribution in [1.29, 1.82) is 0 Å². The van der Waals surface area contributed by atoms with Crippen LogP contribution in [0.5, 0.6) is 0 Å². The van der Waals surface area contributed by atoms with Gasteiger partial charge in [-0.25, -0.2) is 9.07 Å². The molecule has 2 amide bonds. The van der Waals surface area contributed by atoms with E-state index in [1.807, 2.05) is 17.0 Å². The molecular formula is C23H23FN4O2. The molecule has 0 bridgehead atoms. The normalized spacial score (nSPS) is 13.0. The third-order valence-electron chi connectivity index (χ3n) is 5.28. The Labute approximate surface area is 174 Å². The number of aromatic nitrogens is 2. The summed E-state index contributed by atoms with van der Waals surface area (Å²) in [6.07, 6.45) is 4.72. The highest BCUT2D eigenvalue weighted by Crippen LogP contribution is 2.19. The van der Waals surface area contributed by atoms with E-state index < -0.39 is 5.82 Å². The molecule has 0 aliphatic carbocycles. The van der Waals surface area contributed by atoms with Crippen molar-refractivity contribution < 1.29 is 14.0 Å². The van der Waals surface area contributed by atoms with E-state index in [4.69, 9.17) is 0 Å². The minimum absolute atomic E-state index is 0.103. The Morgan fingerprint density at radius 3 is 2.67 bits per heavy atom. The molecule has 4 rings (SSSR count). The summed E-state index contributed by atoms with van der Waals surface area (Å²) in [5, 5.41) is 6.85. The van der Waals surface area contributed by atoms with E-state index in [-0.39, 0.29) is 17.5 Å². The van der Waals surface area contributed by atoms with Crippen molar-refractivity contribution in [1.82, 2.24) is 20.0 Å². The number of nitrogens with one attached hydrogen (secondary N) is 1. The van der Waals surface area contributed by atoms with Gasteiger partial charge >= 0.3 is 0 Å². The summed E-state index contributed by atoms with van der Waals surface area (Å²) in [6, 6.07) is 14.4. The molecule has 0 saturated carbocycles. The van der Waals surface area contributed by atoms with E-state index in [0.717, 1.165) is 13.0 Å². The molecule has 1 aliphatic rings. The monoisotopic (exact) mass is 406 g/mol. The van der Waals surface area contributed by atoms with Crippen LogP contribution in [0.1, 0.15) is 34.3 Å². The maximum Gasteiger partial charge on any atom is 0.254 e. The van der Waals surface area contributed by atoms with Gasteiger partial charge < -0.3 is 10.2 Å². The average molecular weight is 406 g/mol. The van der Waals surface area contributed by atoms with E-state index in [1.165, 1.54) is 34.3 Å². The van der Waals surface area contributed by atoms with E-state index in [1.54, 1.807) is 18.2 Å². The zero-order valence-electron chi connectivity index (χ0n) is 16.6. The zero-order valence-corrected chi connectivity index (χ0v) is 16.6. The number of carbonyl (C=O) groups is 2. The Balaban J connectivity index is 1.24. The van der Waals surface area contributed by atoms with E-state index >= 15 is 0 Å². The molecule has 1 aliphatic heterocycles. The van der Waals surface area contributed by atoms with Crippen LogP contribution in [-0.2, 0) is 17.8 Å². The molecule has 6 nitrogen and oxygen atoms in total. The number of rotatable bonds is 6. The highest BCUT2D eigenvalue weighted by molar-refractivity contribution is 5.93. The molecular weight excluding hydrogens is 383 g/mol. The Bertz CT molecular complexity index is 1060. The van der Waals surface area contributed by atoms with Gasteiger partial charge in [0.1, 0.15) is 11.5 Å². The zero-order chi connectivity index (χ0) is 20.9. The lowest BCUT2D eigenvalue weighted by molar-refractivity contribution is -0.132. The van der Waals surface area contributed by atoms with Gasteiger partial charge in [0.25, 0.3) is 5.91 Å². The summed E-state index contributed by atoms with van der Waals surface area (Å²) in [5.74, 6) is -0.602.